The molecule has 2 N–H and O–H groups in total. The molecule has 0 fully saturated rings. The molecule has 1 unspecified atom stereocenters. The van der Waals surface area contributed by atoms with Crippen LogP contribution in [0.3, 0.4) is 0 Å². The summed E-state index contributed by atoms with van der Waals surface area (Å²) in [4.78, 5) is 11.1. The van der Waals surface area contributed by atoms with Gasteiger partial charge in [0.2, 0.25) is 5.91 Å². The molecular formula is C21H23NO2. The van der Waals surface area contributed by atoms with Gasteiger partial charge in [0.05, 0.1) is 0 Å². The highest BCUT2D eigenvalue weighted by molar-refractivity contribution is 5.93. The Kier molecular flexibility index (Phi) is 5.96. The second-order valence-corrected chi connectivity index (χ2v) is 5.72. The van der Waals surface area contributed by atoms with Gasteiger partial charge in [0, 0.05) is 6.08 Å². The van der Waals surface area contributed by atoms with E-state index in [-0.39, 0.29) is 6.10 Å². The lowest BCUT2D eigenvalue weighted by molar-refractivity contribution is -0.113. The second kappa shape index (κ2) is 8.16. The smallest absolute Gasteiger partial charge is 0.241 e. The molecule has 3 heteroatoms. The van der Waals surface area contributed by atoms with Crippen molar-refractivity contribution in [1.29, 1.82) is 0 Å². The number of primary amides is 1. The first-order valence-corrected chi connectivity index (χ1v) is 7.94. The van der Waals surface area contributed by atoms with Gasteiger partial charge in [-0.05, 0) is 54.7 Å². The standard InChI is InChI=1S/C21H23NO2/c1-4-8-19-14-18(15(2)13-21(22)23)11-12-20(19)24-16(3)17-9-6-5-7-10-17/h4-7,9-14,16H,1,8H2,2-3H3,(H2,22,23). The maximum atomic E-state index is 11.1. The van der Waals surface area contributed by atoms with Crippen LogP contribution in [-0.2, 0) is 11.2 Å². The van der Waals surface area contributed by atoms with E-state index in [0.717, 1.165) is 28.0 Å². The molecule has 0 saturated heterocycles. The first kappa shape index (κ1) is 17.5. The predicted molar refractivity (Wildman–Crippen MR) is 98.7 cm³/mol. The monoisotopic (exact) mass is 321 g/mol. The van der Waals surface area contributed by atoms with Crippen LogP contribution in [-0.4, -0.2) is 5.91 Å². The number of carbonyl (C=O) groups excluding carboxylic acids is 1. The van der Waals surface area contributed by atoms with Crippen molar-refractivity contribution >= 4 is 11.5 Å². The molecule has 2 aromatic carbocycles. The van der Waals surface area contributed by atoms with E-state index >= 15 is 0 Å². The first-order valence-electron chi connectivity index (χ1n) is 7.94. The van der Waals surface area contributed by atoms with E-state index < -0.39 is 5.91 Å². The third-order valence-corrected chi connectivity index (χ3v) is 3.81. The van der Waals surface area contributed by atoms with Crippen LogP contribution in [0.4, 0.5) is 0 Å². The predicted octanol–water partition coefficient (Wildman–Crippen LogP) is 4.44. The van der Waals surface area contributed by atoms with Crippen molar-refractivity contribution < 1.29 is 9.53 Å². The molecule has 0 heterocycles. The van der Waals surface area contributed by atoms with E-state index in [9.17, 15) is 4.79 Å². The van der Waals surface area contributed by atoms with Crippen LogP contribution in [0.25, 0.3) is 5.57 Å². The normalized spacial score (nSPS) is 12.5. The van der Waals surface area contributed by atoms with Gasteiger partial charge in [-0.25, -0.2) is 0 Å². The maximum Gasteiger partial charge on any atom is 0.241 e. The molecule has 124 valence electrons. The molecule has 1 atom stereocenters. The van der Waals surface area contributed by atoms with Crippen molar-refractivity contribution in [3.63, 3.8) is 0 Å². The van der Waals surface area contributed by atoms with Crippen molar-refractivity contribution in [3.8, 4) is 5.75 Å². The summed E-state index contributed by atoms with van der Waals surface area (Å²) in [6.45, 7) is 7.71. The average Bonchev–Trinajstić information content (AvgIpc) is 2.56. The van der Waals surface area contributed by atoms with Crippen molar-refractivity contribution in [3.05, 3.63) is 84.0 Å². The van der Waals surface area contributed by atoms with E-state index in [1.165, 1.54) is 6.08 Å². The Morgan fingerprint density at radius 2 is 1.96 bits per heavy atom. The van der Waals surface area contributed by atoms with E-state index in [1.54, 1.807) is 0 Å². The molecule has 0 aliphatic rings. The number of hydrogen-bond acceptors (Lipinski definition) is 2. The van der Waals surface area contributed by atoms with E-state index in [0.29, 0.717) is 6.42 Å². The zero-order valence-corrected chi connectivity index (χ0v) is 14.2. The van der Waals surface area contributed by atoms with Gasteiger partial charge < -0.3 is 10.5 Å². The minimum atomic E-state index is -0.448. The van der Waals surface area contributed by atoms with Gasteiger partial charge in [-0.1, -0.05) is 42.5 Å². The summed E-state index contributed by atoms with van der Waals surface area (Å²) < 4.78 is 6.14. The number of amides is 1. The number of hydrogen-bond donors (Lipinski definition) is 1. The number of carbonyl (C=O) groups is 1. The number of allylic oxidation sites excluding steroid dienone is 2. The third-order valence-electron chi connectivity index (χ3n) is 3.81. The number of nitrogens with two attached hydrogens (primary N) is 1. The van der Waals surface area contributed by atoms with Gasteiger partial charge in [-0.15, -0.1) is 6.58 Å². The Hall–Kier alpha value is -2.81. The zero-order valence-electron chi connectivity index (χ0n) is 14.2. The Bertz CT molecular complexity index is 748. The van der Waals surface area contributed by atoms with E-state index in [4.69, 9.17) is 10.5 Å². The lowest BCUT2D eigenvalue weighted by Crippen LogP contribution is -2.07. The first-order chi connectivity index (χ1) is 11.5. The molecule has 0 aliphatic heterocycles. The molecule has 3 nitrogen and oxygen atoms in total. The van der Waals surface area contributed by atoms with E-state index in [2.05, 4.69) is 6.58 Å². The molecule has 0 aliphatic carbocycles. The molecule has 0 aromatic heterocycles. The molecule has 1 amide bonds. The van der Waals surface area contributed by atoms with Crippen molar-refractivity contribution in [1.82, 2.24) is 0 Å². The fourth-order valence-electron chi connectivity index (χ4n) is 2.53. The van der Waals surface area contributed by atoms with Crippen molar-refractivity contribution in [2.24, 2.45) is 5.73 Å². The van der Waals surface area contributed by atoms with Gasteiger partial charge in [0.15, 0.2) is 0 Å². The topological polar surface area (TPSA) is 52.3 Å². The highest BCUT2D eigenvalue weighted by Gasteiger charge is 2.11. The lowest BCUT2D eigenvalue weighted by Gasteiger charge is -2.18. The van der Waals surface area contributed by atoms with Gasteiger partial charge in [0.25, 0.3) is 0 Å². The molecule has 0 saturated carbocycles. The average molecular weight is 321 g/mol. The van der Waals surface area contributed by atoms with Crippen LogP contribution >= 0.6 is 0 Å². The summed E-state index contributed by atoms with van der Waals surface area (Å²) in [5.74, 6) is 0.373. The van der Waals surface area contributed by atoms with Crippen LogP contribution in [0.5, 0.6) is 5.75 Å². The van der Waals surface area contributed by atoms with Crippen LogP contribution in [0, 0.1) is 0 Å². The molecule has 2 rings (SSSR count). The van der Waals surface area contributed by atoms with Gasteiger partial charge >= 0.3 is 0 Å². The molecular weight excluding hydrogens is 298 g/mol. The highest BCUT2D eigenvalue weighted by Crippen LogP contribution is 2.29. The maximum absolute atomic E-state index is 11.1. The fourth-order valence-corrected chi connectivity index (χ4v) is 2.53. The molecule has 24 heavy (non-hydrogen) atoms. The summed E-state index contributed by atoms with van der Waals surface area (Å²) in [6.07, 6.45) is 3.91. The summed E-state index contributed by atoms with van der Waals surface area (Å²) in [5, 5.41) is 0. The highest BCUT2D eigenvalue weighted by atomic mass is 16.5. The minimum Gasteiger partial charge on any atom is -0.486 e. The molecule has 2 aromatic rings. The largest absolute Gasteiger partial charge is 0.486 e. The summed E-state index contributed by atoms with van der Waals surface area (Å²) >= 11 is 0. The fraction of sp³-hybridized carbons (Fsp3) is 0.190. The quantitative estimate of drug-likeness (QED) is 0.605. The van der Waals surface area contributed by atoms with E-state index in [1.807, 2.05) is 68.5 Å². The Morgan fingerprint density at radius 1 is 1.25 bits per heavy atom. The summed E-state index contributed by atoms with van der Waals surface area (Å²) in [7, 11) is 0. The second-order valence-electron chi connectivity index (χ2n) is 5.72. The van der Waals surface area contributed by atoms with Crippen LogP contribution in [0.1, 0.15) is 36.6 Å². The number of ether oxygens (including phenoxy) is 1. The zero-order chi connectivity index (χ0) is 17.5. The third kappa shape index (κ3) is 4.59. The molecule has 0 spiro atoms. The van der Waals surface area contributed by atoms with Crippen LogP contribution in [0.2, 0.25) is 0 Å². The Balaban J connectivity index is 2.29. The van der Waals surface area contributed by atoms with Gasteiger partial charge in [-0.3, -0.25) is 4.79 Å². The summed E-state index contributed by atoms with van der Waals surface area (Å²) in [6, 6.07) is 16.0. The Morgan fingerprint density at radius 3 is 2.58 bits per heavy atom. The number of benzene rings is 2. The lowest BCUT2D eigenvalue weighted by atomic mass is 10.0. The van der Waals surface area contributed by atoms with Crippen LogP contribution in [0.15, 0.2) is 67.3 Å². The van der Waals surface area contributed by atoms with Gasteiger partial charge in [-0.2, -0.15) is 0 Å². The number of rotatable bonds is 7. The van der Waals surface area contributed by atoms with Crippen molar-refractivity contribution in [2.75, 3.05) is 0 Å². The van der Waals surface area contributed by atoms with Crippen molar-refractivity contribution in [2.45, 2.75) is 26.4 Å². The molecule has 0 radical (unpaired) electrons. The Labute approximate surface area is 143 Å². The van der Waals surface area contributed by atoms with Crippen LogP contribution < -0.4 is 10.5 Å². The molecule has 0 bridgehead atoms. The minimum absolute atomic E-state index is 0.0529. The SMILES string of the molecule is C=CCc1cc(C(C)=CC(N)=O)ccc1OC(C)c1ccccc1. The summed E-state index contributed by atoms with van der Waals surface area (Å²) in [5.41, 5.74) is 9.16. The van der Waals surface area contributed by atoms with Gasteiger partial charge in [0.1, 0.15) is 11.9 Å².